The van der Waals surface area contributed by atoms with E-state index >= 15 is 0 Å². The number of benzene rings is 2. The highest BCUT2D eigenvalue weighted by Crippen LogP contribution is 2.23. The van der Waals surface area contributed by atoms with Crippen LogP contribution in [0.4, 0.5) is 4.79 Å². The molecule has 3 rings (SSSR count). The molecule has 0 spiro atoms. The van der Waals surface area contributed by atoms with Crippen molar-refractivity contribution in [2.75, 3.05) is 18.8 Å². The summed E-state index contributed by atoms with van der Waals surface area (Å²) >= 11 is 1.25. The molecular weight excluding hydrogens is 306 g/mol. The van der Waals surface area contributed by atoms with Crippen LogP contribution < -0.4 is 10.6 Å². The molecule has 5 heteroatoms. The molecule has 1 aliphatic rings. The normalized spacial score (nSPS) is 13.5. The minimum absolute atomic E-state index is 0.0425. The zero-order chi connectivity index (χ0) is 15.9. The topological polar surface area (TPSA) is 53.5 Å². The summed E-state index contributed by atoms with van der Waals surface area (Å²) in [5.41, 5.74) is 2.15. The summed E-state index contributed by atoms with van der Waals surface area (Å²) in [6.45, 7) is 1.67. The Morgan fingerprint density at radius 2 is 1.70 bits per heavy atom. The average molecular weight is 325 g/mol. The number of rotatable bonds is 5. The number of aliphatic imine (C=N–C) groups is 1. The van der Waals surface area contributed by atoms with Crippen molar-refractivity contribution in [1.82, 2.24) is 10.6 Å². The van der Waals surface area contributed by atoms with Crippen LogP contribution in [0.1, 0.15) is 17.2 Å². The molecule has 0 bridgehead atoms. The van der Waals surface area contributed by atoms with E-state index in [1.54, 1.807) is 0 Å². The average Bonchev–Trinajstić information content (AvgIpc) is 3.13. The van der Waals surface area contributed by atoms with E-state index in [4.69, 9.17) is 0 Å². The molecule has 1 aliphatic heterocycles. The van der Waals surface area contributed by atoms with Gasteiger partial charge in [-0.2, -0.15) is 0 Å². The van der Waals surface area contributed by atoms with Gasteiger partial charge in [0, 0.05) is 6.54 Å². The van der Waals surface area contributed by atoms with Crippen molar-refractivity contribution in [2.24, 2.45) is 4.99 Å². The van der Waals surface area contributed by atoms with Gasteiger partial charge in [-0.05, 0) is 11.1 Å². The van der Waals surface area contributed by atoms with Crippen LogP contribution in [0.15, 0.2) is 65.7 Å². The van der Waals surface area contributed by atoms with Crippen LogP contribution in [0.2, 0.25) is 0 Å². The highest BCUT2D eigenvalue weighted by Gasteiger charge is 2.17. The molecule has 2 aromatic rings. The number of carbonyl (C=O) groups excluding carboxylic acids is 1. The molecule has 1 heterocycles. The minimum Gasteiger partial charge on any atom is -0.371 e. The molecule has 0 unspecified atom stereocenters. The summed E-state index contributed by atoms with van der Waals surface area (Å²) in [5.74, 6) is 1.49. The quantitative estimate of drug-likeness (QED) is 0.887. The van der Waals surface area contributed by atoms with Crippen molar-refractivity contribution < 1.29 is 4.79 Å². The fraction of sp³-hybridized carbons (Fsp3) is 0.222. The SMILES string of the molecule is O=C(NC(c1ccccc1)c1ccccc1)SCC1=NCCN1. The van der Waals surface area contributed by atoms with E-state index in [1.165, 1.54) is 11.8 Å². The molecule has 2 aromatic carbocycles. The van der Waals surface area contributed by atoms with Gasteiger partial charge in [0.2, 0.25) is 0 Å². The van der Waals surface area contributed by atoms with Crippen molar-refractivity contribution in [1.29, 1.82) is 0 Å². The number of nitrogens with one attached hydrogen (secondary N) is 2. The second-order valence-corrected chi connectivity index (χ2v) is 6.18. The summed E-state index contributed by atoms with van der Waals surface area (Å²) in [6, 6.07) is 19.9. The first-order chi connectivity index (χ1) is 11.3. The lowest BCUT2D eigenvalue weighted by Crippen LogP contribution is -2.28. The predicted molar refractivity (Wildman–Crippen MR) is 96.0 cm³/mol. The number of hydrogen-bond donors (Lipinski definition) is 2. The van der Waals surface area contributed by atoms with Gasteiger partial charge in [0.05, 0.1) is 18.3 Å². The van der Waals surface area contributed by atoms with E-state index < -0.39 is 0 Å². The lowest BCUT2D eigenvalue weighted by Gasteiger charge is -2.19. The largest absolute Gasteiger partial charge is 0.371 e. The molecule has 0 saturated carbocycles. The van der Waals surface area contributed by atoms with Crippen LogP contribution in [0.3, 0.4) is 0 Å². The molecule has 0 aromatic heterocycles. The van der Waals surface area contributed by atoms with Crippen LogP contribution in [0.5, 0.6) is 0 Å². The third kappa shape index (κ3) is 4.36. The van der Waals surface area contributed by atoms with E-state index in [0.29, 0.717) is 5.75 Å². The zero-order valence-electron chi connectivity index (χ0n) is 12.7. The highest BCUT2D eigenvalue weighted by molar-refractivity contribution is 8.14. The van der Waals surface area contributed by atoms with E-state index in [1.807, 2.05) is 60.7 Å². The van der Waals surface area contributed by atoms with Crippen LogP contribution in [0.25, 0.3) is 0 Å². The van der Waals surface area contributed by atoms with Crippen molar-refractivity contribution in [3.63, 3.8) is 0 Å². The molecule has 2 N–H and O–H groups in total. The maximum Gasteiger partial charge on any atom is 0.280 e. The summed E-state index contributed by atoms with van der Waals surface area (Å²) in [4.78, 5) is 16.6. The summed E-state index contributed by atoms with van der Waals surface area (Å²) < 4.78 is 0. The Morgan fingerprint density at radius 3 is 2.22 bits per heavy atom. The summed E-state index contributed by atoms with van der Waals surface area (Å²) in [7, 11) is 0. The monoisotopic (exact) mass is 325 g/mol. The Kier molecular flexibility index (Phi) is 5.32. The van der Waals surface area contributed by atoms with E-state index in [0.717, 1.165) is 30.1 Å². The first-order valence-electron chi connectivity index (χ1n) is 7.63. The Morgan fingerprint density at radius 1 is 1.09 bits per heavy atom. The van der Waals surface area contributed by atoms with Gasteiger partial charge in [0.15, 0.2) is 0 Å². The Labute approximate surface area is 140 Å². The standard InChI is InChI=1S/C18H19N3OS/c22-18(23-13-16-19-11-12-20-16)21-17(14-7-3-1-4-8-14)15-9-5-2-6-10-15/h1-10,17H,11-13H2,(H,19,20)(H,21,22). The smallest absolute Gasteiger partial charge is 0.280 e. The molecule has 0 aliphatic carbocycles. The van der Waals surface area contributed by atoms with Crippen molar-refractivity contribution in [3.8, 4) is 0 Å². The minimum atomic E-state index is -0.143. The van der Waals surface area contributed by atoms with Gasteiger partial charge in [-0.1, -0.05) is 72.4 Å². The van der Waals surface area contributed by atoms with E-state index in [-0.39, 0.29) is 11.3 Å². The van der Waals surface area contributed by atoms with Gasteiger partial charge in [0.1, 0.15) is 5.84 Å². The van der Waals surface area contributed by atoms with Crippen LogP contribution in [-0.4, -0.2) is 29.9 Å². The number of amidine groups is 1. The third-order valence-corrected chi connectivity index (χ3v) is 4.41. The van der Waals surface area contributed by atoms with Crippen molar-refractivity contribution in [3.05, 3.63) is 71.8 Å². The second kappa shape index (κ2) is 7.83. The lowest BCUT2D eigenvalue weighted by molar-refractivity contribution is 0.259. The first-order valence-corrected chi connectivity index (χ1v) is 8.62. The molecule has 23 heavy (non-hydrogen) atoms. The summed E-state index contributed by atoms with van der Waals surface area (Å²) in [6.07, 6.45) is 0. The third-order valence-electron chi connectivity index (χ3n) is 3.61. The number of carbonyl (C=O) groups is 1. The molecule has 0 radical (unpaired) electrons. The molecule has 0 saturated heterocycles. The maximum absolute atomic E-state index is 12.3. The molecule has 4 nitrogen and oxygen atoms in total. The fourth-order valence-electron chi connectivity index (χ4n) is 2.49. The second-order valence-electron chi connectivity index (χ2n) is 5.23. The van der Waals surface area contributed by atoms with Gasteiger partial charge < -0.3 is 10.6 Å². The maximum atomic E-state index is 12.3. The number of nitrogens with zero attached hydrogens (tertiary/aromatic N) is 1. The van der Waals surface area contributed by atoms with Crippen molar-refractivity contribution >= 4 is 22.8 Å². The van der Waals surface area contributed by atoms with E-state index in [2.05, 4.69) is 15.6 Å². The molecular formula is C18H19N3OS. The van der Waals surface area contributed by atoms with Crippen molar-refractivity contribution in [2.45, 2.75) is 6.04 Å². The summed E-state index contributed by atoms with van der Waals surface area (Å²) in [5, 5.41) is 6.25. The van der Waals surface area contributed by atoms with Gasteiger partial charge in [-0.3, -0.25) is 9.79 Å². The highest BCUT2D eigenvalue weighted by atomic mass is 32.2. The van der Waals surface area contributed by atoms with Gasteiger partial charge in [-0.15, -0.1) is 0 Å². The Hall–Kier alpha value is -2.27. The Balaban J connectivity index is 1.70. The van der Waals surface area contributed by atoms with Gasteiger partial charge >= 0.3 is 0 Å². The molecule has 1 amide bonds. The first kappa shape index (κ1) is 15.6. The van der Waals surface area contributed by atoms with Crippen LogP contribution >= 0.6 is 11.8 Å². The van der Waals surface area contributed by atoms with Crippen LogP contribution in [0, 0.1) is 0 Å². The van der Waals surface area contributed by atoms with Crippen LogP contribution in [-0.2, 0) is 0 Å². The predicted octanol–water partition coefficient (Wildman–Crippen LogP) is 3.22. The van der Waals surface area contributed by atoms with Gasteiger partial charge in [-0.25, -0.2) is 0 Å². The van der Waals surface area contributed by atoms with Gasteiger partial charge in [0.25, 0.3) is 5.24 Å². The Bertz CT molecular complexity index is 634. The number of thioether (sulfide) groups is 1. The number of hydrogen-bond acceptors (Lipinski definition) is 4. The molecule has 0 fully saturated rings. The fourth-order valence-corrected chi connectivity index (χ4v) is 3.15. The van der Waals surface area contributed by atoms with E-state index in [9.17, 15) is 4.79 Å². The lowest BCUT2D eigenvalue weighted by atomic mass is 9.99. The molecule has 0 atom stereocenters. The zero-order valence-corrected chi connectivity index (χ0v) is 13.6. The number of amides is 1. The molecule has 118 valence electrons.